The third kappa shape index (κ3) is 2.54. The van der Waals surface area contributed by atoms with Crippen LogP contribution in [0, 0.1) is 0 Å². The van der Waals surface area contributed by atoms with Gasteiger partial charge in [0.05, 0.1) is 0 Å². The Morgan fingerprint density at radius 1 is 1.27 bits per heavy atom. The average Bonchev–Trinajstić information content (AvgIpc) is 2.07. The lowest BCUT2D eigenvalue weighted by Gasteiger charge is -1.98. The zero-order chi connectivity index (χ0) is 8.10. The summed E-state index contributed by atoms with van der Waals surface area (Å²) in [7, 11) is 0. The van der Waals surface area contributed by atoms with Crippen LogP contribution in [0.5, 0.6) is 0 Å². The number of aliphatic hydroxyl groups excluding tert-OH is 1. The highest BCUT2D eigenvalue weighted by Crippen LogP contribution is 2.12. The van der Waals surface area contributed by atoms with Gasteiger partial charge >= 0.3 is 0 Å². The van der Waals surface area contributed by atoms with Gasteiger partial charge < -0.3 is 5.11 Å². The lowest BCUT2D eigenvalue weighted by atomic mass is 10.2. The van der Waals surface area contributed by atoms with Crippen molar-refractivity contribution < 1.29 is 5.11 Å². The van der Waals surface area contributed by atoms with Crippen molar-refractivity contribution in [3.8, 4) is 0 Å². The van der Waals surface area contributed by atoms with Crippen molar-refractivity contribution in [2.45, 2.75) is 11.3 Å². The van der Waals surface area contributed by atoms with Crippen LogP contribution in [-0.4, -0.2) is 11.7 Å². The lowest BCUT2D eigenvalue weighted by Crippen LogP contribution is -1.89. The maximum Gasteiger partial charge on any atom is 0.0471 e. The number of aliphatic hydroxyl groups is 1. The Morgan fingerprint density at radius 2 is 1.91 bits per heavy atom. The summed E-state index contributed by atoms with van der Waals surface area (Å²) in [5, 5.41) is 14.0. The maximum atomic E-state index is 8.62. The molecule has 1 aromatic carbocycles. The van der Waals surface area contributed by atoms with Crippen LogP contribution in [0.15, 0.2) is 29.2 Å². The van der Waals surface area contributed by atoms with Gasteiger partial charge in [0.1, 0.15) is 0 Å². The van der Waals surface area contributed by atoms with Crippen molar-refractivity contribution >= 4 is 11.9 Å². The summed E-state index contributed by atoms with van der Waals surface area (Å²) in [5.74, 6) is 0. The maximum absolute atomic E-state index is 8.62. The van der Waals surface area contributed by atoms with E-state index in [1.165, 1.54) is 11.9 Å². The molecule has 0 amide bonds. The molecule has 0 saturated heterocycles. The standard InChI is InChI=1S/C8H11NOS/c9-11-8-3-1-7(2-4-8)5-6-10/h1-4,10H,5-6,9H2. The van der Waals surface area contributed by atoms with Gasteiger partial charge in [-0.3, -0.25) is 5.14 Å². The number of hydrogen-bond acceptors (Lipinski definition) is 3. The molecule has 0 spiro atoms. The van der Waals surface area contributed by atoms with Crippen LogP contribution in [0.4, 0.5) is 0 Å². The Labute approximate surface area is 70.6 Å². The van der Waals surface area contributed by atoms with Gasteiger partial charge in [-0.1, -0.05) is 12.1 Å². The van der Waals surface area contributed by atoms with Crippen molar-refractivity contribution in [2.24, 2.45) is 5.14 Å². The van der Waals surface area contributed by atoms with E-state index in [2.05, 4.69) is 0 Å². The number of rotatable bonds is 3. The smallest absolute Gasteiger partial charge is 0.0471 e. The van der Waals surface area contributed by atoms with E-state index >= 15 is 0 Å². The van der Waals surface area contributed by atoms with Gasteiger partial charge in [0, 0.05) is 11.5 Å². The number of benzene rings is 1. The van der Waals surface area contributed by atoms with Crippen molar-refractivity contribution in [1.29, 1.82) is 0 Å². The molecule has 0 saturated carbocycles. The summed E-state index contributed by atoms with van der Waals surface area (Å²) in [6, 6.07) is 7.86. The molecule has 11 heavy (non-hydrogen) atoms. The molecule has 0 aromatic heterocycles. The van der Waals surface area contributed by atoms with Crippen LogP contribution in [0.2, 0.25) is 0 Å². The molecule has 60 valence electrons. The average molecular weight is 169 g/mol. The first kappa shape index (κ1) is 8.59. The van der Waals surface area contributed by atoms with E-state index < -0.39 is 0 Å². The topological polar surface area (TPSA) is 46.2 Å². The summed E-state index contributed by atoms with van der Waals surface area (Å²) in [6.45, 7) is 0.203. The minimum Gasteiger partial charge on any atom is -0.396 e. The quantitative estimate of drug-likeness (QED) is 0.668. The van der Waals surface area contributed by atoms with Crippen LogP contribution in [0.1, 0.15) is 5.56 Å². The van der Waals surface area contributed by atoms with E-state index in [0.29, 0.717) is 0 Å². The fourth-order valence-corrected chi connectivity index (χ4v) is 1.16. The largest absolute Gasteiger partial charge is 0.396 e. The fraction of sp³-hybridized carbons (Fsp3) is 0.250. The molecular weight excluding hydrogens is 158 g/mol. The van der Waals surface area contributed by atoms with Gasteiger partial charge in [-0.25, -0.2) is 0 Å². The van der Waals surface area contributed by atoms with Crippen LogP contribution in [0.25, 0.3) is 0 Å². The first-order chi connectivity index (χ1) is 5.36. The second-order valence-electron chi connectivity index (χ2n) is 2.24. The third-order valence-corrected chi connectivity index (χ3v) is 2.00. The summed E-state index contributed by atoms with van der Waals surface area (Å²) < 4.78 is 0. The number of nitrogens with two attached hydrogens (primary N) is 1. The first-order valence-electron chi connectivity index (χ1n) is 3.43. The van der Waals surface area contributed by atoms with E-state index in [0.717, 1.165) is 16.9 Å². The van der Waals surface area contributed by atoms with E-state index in [1.54, 1.807) is 0 Å². The van der Waals surface area contributed by atoms with Crippen molar-refractivity contribution in [1.82, 2.24) is 0 Å². The van der Waals surface area contributed by atoms with Crippen molar-refractivity contribution in [3.63, 3.8) is 0 Å². The molecule has 0 aliphatic rings. The van der Waals surface area contributed by atoms with E-state index in [9.17, 15) is 0 Å². The van der Waals surface area contributed by atoms with Crippen LogP contribution >= 0.6 is 11.9 Å². The minimum absolute atomic E-state index is 0.203. The van der Waals surface area contributed by atoms with Crippen LogP contribution < -0.4 is 5.14 Å². The van der Waals surface area contributed by atoms with Gasteiger partial charge in [0.2, 0.25) is 0 Å². The molecule has 3 heteroatoms. The molecule has 3 N–H and O–H groups in total. The fourth-order valence-electron chi connectivity index (χ4n) is 0.864. The Morgan fingerprint density at radius 3 is 2.36 bits per heavy atom. The highest BCUT2D eigenvalue weighted by Gasteiger charge is 1.91. The Kier molecular flexibility index (Phi) is 3.42. The van der Waals surface area contributed by atoms with Crippen LogP contribution in [0.3, 0.4) is 0 Å². The molecule has 0 atom stereocenters. The molecule has 0 unspecified atom stereocenters. The summed E-state index contributed by atoms with van der Waals surface area (Å²) in [5.41, 5.74) is 1.14. The molecule has 1 aromatic rings. The molecule has 0 aliphatic heterocycles. The summed E-state index contributed by atoms with van der Waals surface area (Å²) in [6.07, 6.45) is 0.718. The van der Waals surface area contributed by atoms with Gasteiger partial charge in [0.25, 0.3) is 0 Å². The van der Waals surface area contributed by atoms with E-state index in [1.807, 2.05) is 24.3 Å². The van der Waals surface area contributed by atoms with E-state index in [-0.39, 0.29) is 6.61 Å². The summed E-state index contributed by atoms with van der Waals surface area (Å²) >= 11 is 1.23. The molecule has 2 nitrogen and oxygen atoms in total. The first-order valence-corrected chi connectivity index (χ1v) is 4.31. The second kappa shape index (κ2) is 4.38. The molecule has 0 fully saturated rings. The van der Waals surface area contributed by atoms with Crippen molar-refractivity contribution in [2.75, 3.05) is 6.61 Å². The van der Waals surface area contributed by atoms with E-state index in [4.69, 9.17) is 10.2 Å². The highest BCUT2D eigenvalue weighted by molar-refractivity contribution is 7.97. The lowest BCUT2D eigenvalue weighted by molar-refractivity contribution is 0.299. The Balaban J connectivity index is 2.66. The molecule has 0 bridgehead atoms. The zero-order valence-corrected chi connectivity index (χ0v) is 6.97. The second-order valence-corrected chi connectivity index (χ2v) is 2.94. The van der Waals surface area contributed by atoms with Gasteiger partial charge in [-0.2, -0.15) is 0 Å². The summed E-state index contributed by atoms with van der Waals surface area (Å²) in [4.78, 5) is 1.05. The molecule has 1 rings (SSSR count). The third-order valence-electron chi connectivity index (χ3n) is 1.46. The monoisotopic (exact) mass is 169 g/mol. The molecule has 0 radical (unpaired) electrons. The highest BCUT2D eigenvalue weighted by atomic mass is 32.2. The Bertz CT molecular complexity index is 210. The minimum atomic E-state index is 0.203. The SMILES string of the molecule is NSc1ccc(CCO)cc1. The van der Waals surface area contributed by atoms with Crippen LogP contribution in [-0.2, 0) is 6.42 Å². The molecular formula is C8H11NOS. The predicted molar refractivity (Wildman–Crippen MR) is 47.3 cm³/mol. The normalized spacial score (nSPS) is 10.0. The van der Waals surface area contributed by atoms with Crippen molar-refractivity contribution in [3.05, 3.63) is 29.8 Å². The van der Waals surface area contributed by atoms with Gasteiger partial charge in [-0.05, 0) is 36.1 Å². The molecule has 0 aliphatic carbocycles. The molecule has 0 heterocycles. The number of hydrogen-bond donors (Lipinski definition) is 2. The van der Waals surface area contributed by atoms with Gasteiger partial charge in [-0.15, -0.1) is 0 Å². The zero-order valence-electron chi connectivity index (χ0n) is 6.16. The van der Waals surface area contributed by atoms with Gasteiger partial charge in [0.15, 0.2) is 0 Å². The predicted octanol–water partition coefficient (Wildman–Crippen LogP) is 1.19. The Hall–Kier alpha value is -0.510.